The van der Waals surface area contributed by atoms with E-state index in [2.05, 4.69) is 29.3 Å². The Morgan fingerprint density at radius 2 is 2.24 bits per heavy atom. The van der Waals surface area contributed by atoms with E-state index in [-0.39, 0.29) is 11.4 Å². The van der Waals surface area contributed by atoms with Gasteiger partial charge in [0.2, 0.25) is 0 Å². The highest BCUT2D eigenvalue weighted by molar-refractivity contribution is 7.07. The molecule has 5 heteroatoms. The standard InChI is InChI=1S/C12H19N3OS/c1-15(2)12(5-3-4-6-12)8-13-11(16)10-7-17-9-14-10/h7,9H,3-6,8H2,1-2H3,(H,13,16). The first-order valence-corrected chi connectivity index (χ1v) is 6.92. The smallest absolute Gasteiger partial charge is 0.270 e. The van der Waals surface area contributed by atoms with E-state index in [0.717, 1.165) is 19.4 Å². The predicted molar refractivity (Wildman–Crippen MR) is 69.3 cm³/mol. The van der Waals surface area contributed by atoms with Crippen molar-refractivity contribution in [1.82, 2.24) is 15.2 Å². The van der Waals surface area contributed by atoms with Gasteiger partial charge in [0.15, 0.2) is 0 Å². The molecule has 1 aliphatic carbocycles. The number of rotatable bonds is 4. The Morgan fingerprint density at radius 1 is 1.53 bits per heavy atom. The van der Waals surface area contributed by atoms with E-state index >= 15 is 0 Å². The molecule has 1 saturated carbocycles. The van der Waals surface area contributed by atoms with Crippen LogP contribution in [0.25, 0.3) is 0 Å². The molecule has 1 fully saturated rings. The van der Waals surface area contributed by atoms with Crippen molar-refractivity contribution in [1.29, 1.82) is 0 Å². The Labute approximate surface area is 106 Å². The molecule has 0 aliphatic heterocycles. The van der Waals surface area contributed by atoms with Crippen LogP contribution < -0.4 is 5.32 Å². The molecule has 2 rings (SSSR count). The van der Waals surface area contributed by atoms with E-state index in [1.54, 1.807) is 10.9 Å². The van der Waals surface area contributed by atoms with Crippen molar-refractivity contribution in [3.63, 3.8) is 0 Å². The molecular formula is C12H19N3OS. The van der Waals surface area contributed by atoms with Crippen LogP contribution in [0, 0.1) is 0 Å². The molecule has 4 nitrogen and oxygen atoms in total. The van der Waals surface area contributed by atoms with Gasteiger partial charge in [-0.3, -0.25) is 4.79 Å². The molecule has 1 N–H and O–H groups in total. The third-order valence-corrected chi connectivity index (χ3v) is 4.31. The normalized spacial score (nSPS) is 18.5. The molecule has 0 unspecified atom stereocenters. The molecule has 94 valence electrons. The summed E-state index contributed by atoms with van der Waals surface area (Å²) in [6.45, 7) is 0.719. The maximum absolute atomic E-state index is 11.8. The van der Waals surface area contributed by atoms with E-state index in [4.69, 9.17) is 0 Å². The first-order valence-electron chi connectivity index (χ1n) is 5.98. The first kappa shape index (κ1) is 12.5. The van der Waals surface area contributed by atoms with E-state index in [0.29, 0.717) is 5.69 Å². The number of nitrogens with zero attached hydrogens (tertiary/aromatic N) is 2. The summed E-state index contributed by atoms with van der Waals surface area (Å²) in [6.07, 6.45) is 4.84. The molecule has 0 atom stereocenters. The molecule has 0 spiro atoms. The third kappa shape index (κ3) is 2.66. The summed E-state index contributed by atoms with van der Waals surface area (Å²) in [5.74, 6) is -0.0561. The highest BCUT2D eigenvalue weighted by atomic mass is 32.1. The molecule has 1 heterocycles. The summed E-state index contributed by atoms with van der Waals surface area (Å²) in [5.41, 5.74) is 2.36. The number of carbonyl (C=O) groups excluding carboxylic acids is 1. The SMILES string of the molecule is CN(C)C1(CNC(=O)c2cscn2)CCCC1. The predicted octanol–water partition coefficient (Wildman–Crippen LogP) is 1.75. The lowest BCUT2D eigenvalue weighted by Crippen LogP contribution is -2.50. The summed E-state index contributed by atoms with van der Waals surface area (Å²) in [6, 6.07) is 0. The molecular weight excluding hydrogens is 234 g/mol. The van der Waals surface area contributed by atoms with Gasteiger partial charge in [0.25, 0.3) is 5.91 Å². The summed E-state index contributed by atoms with van der Waals surface area (Å²) in [7, 11) is 4.20. The second kappa shape index (κ2) is 5.14. The van der Waals surface area contributed by atoms with Crippen LogP contribution in [-0.2, 0) is 0 Å². The van der Waals surface area contributed by atoms with Gasteiger partial charge < -0.3 is 10.2 Å². The Balaban J connectivity index is 1.94. The summed E-state index contributed by atoms with van der Waals surface area (Å²) in [4.78, 5) is 18.1. The highest BCUT2D eigenvalue weighted by Gasteiger charge is 2.36. The van der Waals surface area contributed by atoms with Crippen LogP contribution in [0.3, 0.4) is 0 Å². The minimum atomic E-state index is -0.0561. The maximum Gasteiger partial charge on any atom is 0.270 e. The third-order valence-electron chi connectivity index (χ3n) is 3.73. The highest BCUT2D eigenvalue weighted by Crippen LogP contribution is 2.33. The van der Waals surface area contributed by atoms with Crippen molar-refractivity contribution in [3.8, 4) is 0 Å². The fourth-order valence-electron chi connectivity index (χ4n) is 2.48. The van der Waals surface area contributed by atoms with E-state index in [1.807, 2.05) is 0 Å². The number of likely N-dealkylation sites (N-methyl/N-ethyl adjacent to an activating group) is 1. The van der Waals surface area contributed by atoms with Gasteiger partial charge in [0.1, 0.15) is 5.69 Å². The van der Waals surface area contributed by atoms with Crippen molar-refractivity contribution in [2.75, 3.05) is 20.6 Å². The van der Waals surface area contributed by atoms with Gasteiger partial charge in [-0.1, -0.05) is 12.8 Å². The minimum absolute atomic E-state index is 0.0561. The van der Waals surface area contributed by atoms with Crippen LogP contribution in [0.5, 0.6) is 0 Å². The fraction of sp³-hybridized carbons (Fsp3) is 0.667. The van der Waals surface area contributed by atoms with Crippen molar-refractivity contribution < 1.29 is 4.79 Å². The van der Waals surface area contributed by atoms with Crippen molar-refractivity contribution in [2.24, 2.45) is 0 Å². The summed E-state index contributed by atoms with van der Waals surface area (Å²) < 4.78 is 0. The van der Waals surface area contributed by atoms with Crippen LogP contribution in [0.4, 0.5) is 0 Å². The molecule has 0 radical (unpaired) electrons. The van der Waals surface area contributed by atoms with Gasteiger partial charge in [-0.05, 0) is 26.9 Å². The van der Waals surface area contributed by atoms with Crippen LogP contribution in [0.1, 0.15) is 36.2 Å². The van der Waals surface area contributed by atoms with Crippen LogP contribution in [0.15, 0.2) is 10.9 Å². The lowest BCUT2D eigenvalue weighted by atomic mass is 9.96. The number of hydrogen-bond donors (Lipinski definition) is 1. The zero-order valence-electron chi connectivity index (χ0n) is 10.4. The van der Waals surface area contributed by atoms with Crippen molar-refractivity contribution in [2.45, 2.75) is 31.2 Å². The largest absolute Gasteiger partial charge is 0.349 e. The van der Waals surface area contributed by atoms with Gasteiger partial charge in [0, 0.05) is 17.5 Å². The van der Waals surface area contributed by atoms with Gasteiger partial charge in [0.05, 0.1) is 5.51 Å². The minimum Gasteiger partial charge on any atom is -0.349 e. The maximum atomic E-state index is 11.8. The summed E-state index contributed by atoms with van der Waals surface area (Å²) >= 11 is 1.45. The van der Waals surface area contributed by atoms with E-state index < -0.39 is 0 Å². The number of aromatic nitrogens is 1. The molecule has 0 saturated heterocycles. The first-order chi connectivity index (χ1) is 8.14. The monoisotopic (exact) mass is 253 g/mol. The Morgan fingerprint density at radius 3 is 2.76 bits per heavy atom. The van der Waals surface area contributed by atoms with E-state index in [9.17, 15) is 4.79 Å². The molecule has 1 aromatic rings. The van der Waals surface area contributed by atoms with Crippen LogP contribution >= 0.6 is 11.3 Å². The van der Waals surface area contributed by atoms with Gasteiger partial charge in [-0.15, -0.1) is 11.3 Å². The second-order valence-electron chi connectivity index (χ2n) is 4.88. The average molecular weight is 253 g/mol. The Kier molecular flexibility index (Phi) is 3.79. The van der Waals surface area contributed by atoms with Crippen LogP contribution in [-0.4, -0.2) is 42.0 Å². The van der Waals surface area contributed by atoms with E-state index in [1.165, 1.54) is 24.2 Å². The van der Waals surface area contributed by atoms with Crippen molar-refractivity contribution in [3.05, 3.63) is 16.6 Å². The topological polar surface area (TPSA) is 45.2 Å². The Bertz CT molecular complexity index is 369. The van der Waals surface area contributed by atoms with Gasteiger partial charge >= 0.3 is 0 Å². The second-order valence-corrected chi connectivity index (χ2v) is 5.60. The quantitative estimate of drug-likeness (QED) is 0.889. The van der Waals surface area contributed by atoms with Crippen molar-refractivity contribution >= 4 is 17.2 Å². The molecule has 1 aliphatic rings. The number of nitrogens with one attached hydrogen (secondary N) is 1. The lowest BCUT2D eigenvalue weighted by molar-refractivity contribution is 0.0896. The molecule has 17 heavy (non-hydrogen) atoms. The zero-order valence-corrected chi connectivity index (χ0v) is 11.2. The fourth-order valence-corrected chi connectivity index (χ4v) is 3.01. The lowest BCUT2D eigenvalue weighted by Gasteiger charge is -2.36. The Hall–Kier alpha value is -0.940. The number of thiazole rings is 1. The van der Waals surface area contributed by atoms with Gasteiger partial charge in [-0.25, -0.2) is 4.98 Å². The zero-order chi connectivity index (χ0) is 12.3. The summed E-state index contributed by atoms with van der Waals surface area (Å²) in [5, 5.41) is 4.80. The molecule has 0 bridgehead atoms. The average Bonchev–Trinajstić information content (AvgIpc) is 2.97. The molecule has 1 aromatic heterocycles. The molecule has 0 aromatic carbocycles. The number of hydrogen-bond acceptors (Lipinski definition) is 4. The number of amides is 1. The van der Waals surface area contributed by atoms with Gasteiger partial charge in [-0.2, -0.15) is 0 Å². The van der Waals surface area contributed by atoms with Crippen LogP contribution in [0.2, 0.25) is 0 Å². The number of carbonyl (C=O) groups is 1. The molecule has 1 amide bonds.